The highest BCUT2D eigenvalue weighted by Gasteiger charge is 2.18. The molecule has 4 heteroatoms. The van der Waals surface area contributed by atoms with Gasteiger partial charge in [-0.05, 0) is 29.8 Å². The predicted molar refractivity (Wildman–Crippen MR) is 69.9 cm³/mol. The molecule has 1 aromatic carbocycles. The Morgan fingerprint density at radius 1 is 1.12 bits per heavy atom. The maximum Gasteiger partial charge on any atom is 0.120 e. The number of phenols is 1. The second kappa shape index (κ2) is 4.94. The van der Waals surface area contributed by atoms with E-state index >= 15 is 0 Å². The minimum atomic E-state index is -0.0378. The summed E-state index contributed by atoms with van der Waals surface area (Å²) < 4.78 is 0. The first-order valence-electron chi connectivity index (χ1n) is 5.18. The number of aromatic hydroxyl groups is 1. The van der Waals surface area contributed by atoms with Gasteiger partial charge in [-0.1, -0.05) is 30.1 Å². The van der Waals surface area contributed by atoms with Gasteiger partial charge in [0, 0.05) is 23.9 Å². The molecule has 17 heavy (non-hydrogen) atoms. The summed E-state index contributed by atoms with van der Waals surface area (Å²) in [4.78, 5) is 3.96. The molecule has 1 aromatic heterocycles. The van der Waals surface area contributed by atoms with Crippen molar-refractivity contribution in [3.05, 3.63) is 57.8 Å². The molecule has 0 spiro atoms. The van der Waals surface area contributed by atoms with Crippen molar-refractivity contribution >= 4 is 23.2 Å². The number of rotatable bonds is 2. The monoisotopic (exact) mass is 267 g/mol. The highest BCUT2D eigenvalue weighted by Crippen LogP contribution is 2.39. The zero-order valence-electron chi connectivity index (χ0n) is 9.19. The van der Waals surface area contributed by atoms with E-state index in [9.17, 15) is 5.11 Å². The maximum atomic E-state index is 9.89. The number of pyridine rings is 1. The van der Waals surface area contributed by atoms with Gasteiger partial charge in [0.15, 0.2) is 0 Å². The molecule has 88 valence electrons. The molecule has 1 heterocycles. The smallest absolute Gasteiger partial charge is 0.120 e. The molecule has 0 aliphatic rings. The first-order chi connectivity index (χ1) is 8.11. The van der Waals surface area contributed by atoms with Crippen LogP contribution in [0.15, 0.2) is 36.7 Å². The SMILES string of the molecule is CC(c1ccncc1)c1c(O)ccc(Cl)c1Cl. The van der Waals surface area contributed by atoms with Gasteiger partial charge in [-0.2, -0.15) is 0 Å². The zero-order valence-corrected chi connectivity index (χ0v) is 10.7. The van der Waals surface area contributed by atoms with Gasteiger partial charge in [0.1, 0.15) is 5.75 Å². The molecule has 0 radical (unpaired) electrons. The van der Waals surface area contributed by atoms with Crippen molar-refractivity contribution in [2.24, 2.45) is 0 Å². The number of hydrogen-bond donors (Lipinski definition) is 1. The summed E-state index contributed by atoms with van der Waals surface area (Å²) in [5.74, 6) is 0.118. The first-order valence-corrected chi connectivity index (χ1v) is 5.93. The summed E-state index contributed by atoms with van der Waals surface area (Å²) in [5, 5.41) is 10.7. The maximum absolute atomic E-state index is 9.89. The van der Waals surface area contributed by atoms with Gasteiger partial charge in [-0.25, -0.2) is 0 Å². The van der Waals surface area contributed by atoms with Crippen LogP contribution in [0.2, 0.25) is 10.0 Å². The van der Waals surface area contributed by atoms with E-state index in [0.29, 0.717) is 15.6 Å². The molecular formula is C13H11Cl2NO. The fourth-order valence-electron chi connectivity index (χ4n) is 1.79. The number of hydrogen-bond acceptors (Lipinski definition) is 2. The fourth-order valence-corrected chi connectivity index (χ4v) is 2.28. The van der Waals surface area contributed by atoms with Gasteiger partial charge in [0.25, 0.3) is 0 Å². The molecule has 0 fully saturated rings. The van der Waals surface area contributed by atoms with Gasteiger partial charge in [0.05, 0.1) is 10.0 Å². The molecule has 2 nitrogen and oxygen atoms in total. The molecule has 0 bridgehead atoms. The quantitative estimate of drug-likeness (QED) is 0.883. The summed E-state index contributed by atoms with van der Waals surface area (Å²) in [6.45, 7) is 1.96. The molecular weight excluding hydrogens is 257 g/mol. The van der Waals surface area contributed by atoms with E-state index in [1.54, 1.807) is 24.5 Å². The van der Waals surface area contributed by atoms with E-state index < -0.39 is 0 Å². The van der Waals surface area contributed by atoms with E-state index in [1.807, 2.05) is 19.1 Å². The van der Waals surface area contributed by atoms with Crippen molar-refractivity contribution in [2.45, 2.75) is 12.8 Å². The lowest BCUT2D eigenvalue weighted by Crippen LogP contribution is -1.98. The van der Waals surface area contributed by atoms with Crippen molar-refractivity contribution < 1.29 is 5.11 Å². The zero-order chi connectivity index (χ0) is 12.4. The van der Waals surface area contributed by atoms with Crippen LogP contribution in [0.3, 0.4) is 0 Å². The molecule has 2 aromatic rings. The Bertz CT molecular complexity index is 528. The average Bonchev–Trinajstić information content (AvgIpc) is 2.35. The van der Waals surface area contributed by atoms with Crippen LogP contribution in [-0.4, -0.2) is 10.1 Å². The van der Waals surface area contributed by atoms with E-state index in [-0.39, 0.29) is 11.7 Å². The second-order valence-corrected chi connectivity index (χ2v) is 4.58. The standard InChI is InChI=1S/C13H11Cl2NO/c1-8(9-4-6-16-7-5-9)12-11(17)3-2-10(14)13(12)15/h2-8,17H,1H3. The van der Waals surface area contributed by atoms with Crippen molar-refractivity contribution in [1.29, 1.82) is 0 Å². The minimum Gasteiger partial charge on any atom is -0.508 e. The Morgan fingerprint density at radius 2 is 1.76 bits per heavy atom. The van der Waals surface area contributed by atoms with Gasteiger partial charge < -0.3 is 5.11 Å². The Balaban J connectivity index is 2.51. The number of nitrogens with zero attached hydrogens (tertiary/aromatic N) is 1. The van der Waals surface area contributed by atoms with Crippen molar-refractivity contribution in [1.82, 2.24) is 4.98 Å². The lowest BCUT2D eigenvalue weighted by Gasteiger charge is -2.16. The molecule has 0 aliphatic heterocycles. The Hall–Kier alpha value is -1.25. The highest BCUT2D eigenvalue weighted by atomic mass is 35.5. The highest BCUT2D eigenvalue weighted by molar-refractivity contribution is 6.42. The normalized spacial score (nSPS) is 12.4. The third-order valence-corrected chi connectivity index (χ3v) is 3.57. The van der Waals surface area contributed by atoms with Crippen LogP contribution in [0.25, 0.3) is 0 Å². The lowest BCUT2D eigenvalue weighted by atomic mass is 9.93. The fraction of sp³-hybridized carbons (Fsp3) is 0.154. The van der Waals surface area contributed by atoms with Crippen LogP contribution >= 0.6 is 23.2 Å². The van der Waals surface area contributed by atoms with Crippen LogP contribution in [0.5, 0.6) is 5.75 Å². The average molecular weight is 268 g/mol. The van der Waals surface area contributed by atoms with Crippen LogP contribution in [0.4, 0.5) is 0 Å². The predicted octanol–water partition coefficient (Wildman–Crippen LogP) is 4.25. The van der Waals surface area contributed by atoms with Gasteiger partial charge in [-0.15, -0.1) is 0 Å². The third-order valence-electron chi connectivity index (χ3n) is 2.75. The van der Waals surface area contributed by atoms with Gasteiger partial charge >= 0.3 is 0 Å². The summed E-state index contributed by atoms with van der Waals surface area (Å²) in [6.07, 6.45) is 3.42. The summed E-state index contributed by atoms with van der Waals surface area (Å²) in [5.41, 5.74) is 1.67. The Kier molecular flexibility index (Phi) is 3.55. The van der Waals surface area contributed by atoms with E-state index in [1.165, 1.54) is 0 Å². The Morgan fingerprint density at radius 3 is 2.41 bits per heavy atom. The number of halogens is 2. The lowest BCUT2D eigenvalue weighted by molar-refractivity contribution is 0.466. The van der Waals surface area contributed by atoms with Crippen LogP contribution in [0.1, 0.15) is 24.0 Å². The number of phenolic OH excluding ortho intramolecular Hbond substituents is 1. The van der Waals surface area contributed by atoms with E-state index in [2.05, 4.69) is 4.98 Å². The van der Waals surface area contributed by atoms with Crippen LogP contribution in [-0.2, 0) is 0 Å². The molecule has 0 amide bonds. The topological polar surface area (TPSA) is 33.1 Å². The first kappa shape index (κ1) is 12.2. The van der Waals surface area contributed by atoms with Crippen molar-refractivity contribution in [3.63, 3.8) is 0 Å². The van der Waals surface area contributed by atoms with Gasteiger partial charge in [0.2, 0.25) is 0 Å². The summed E-state index contributed by atoms with van der Waals surface area (Å²) >= 11 is 12.1. The molecule has 2 rings (SSSR count). The molecule has 1 N–H and O–H groups in total. The summed E-state index contributed by atoms with van der Waals surface area (Å²) in [6, 6.07) is 6.92. The molecule has 0 aliphatic carbocycles. The van der Waals surface area contributed by atoms with Crippen LogP contribution < -0.4 is 0 Å². The molecule has 1 atom stereocenters. The van der Waals surface area contributed by atoms with Crippen molar-refractivity contribution in [2.75, 3.05) is 0 Å². The number of benzene rings is 1. The second-order valence-electron chi connectivity index (χ2n) is 3.80. The minimum absolute atomic E-state index is 0.0378. The van der Waals surface area contributed by atoms with E-state index in [0.717, 1.165) is 5.56 Å². The molecule has 1 unspecified atom stereocenters. The van der Waals surface area contributed by atoms with Crippen LogP contribution in [0, 0.1) is 0 Å². The third kappa shape index (κ3) is 2.38. The largest absolute Gasteiger partial charge is 0.508 e. The Labute approximate surface area is 110 Å². The van der Waals surface area contributed by atoms with E-state index in [4.69, 9.17) is 23.2 Å². The summed E-state index contributed by atoms with van der Waals surface area (Å²) in [7, 11) is 0. The van der Waals surface area contributed by atoms with Crippen molar-refractivity contribution in [3.8, 4) is 5.75 Å². The molecule has 0 saturated carbocycles. The number of aromatic nitrogens is 1. The molecule has 0 saturated heterocycles. The van der Waals surface area contributed by atoms with Gasteiger partial charge in [-0.3, -0.25) is 4.98 Å².